The maximum Gasteiger partial charge on any atom is 0.235 e. The zero-order valence-corrected chi connectivity index (χ0v) is 15.8. The van der Waals surface area contributed by atoms with Gasteiger partial charge in [-0.15, -0.1) is 0 Å². The lowest BCUT2D eigenvalue weighted by molar-refractivity contribution is 0.358. The number of hydrogen-bond donors (Lipinski definition) is 1. The minimum Gasteiger partial charge on any atom is -0.422 e. The number of ether oxygens (including phenoxy) is 1. The molecule has 1 fully saturated rings. The van der Waals surface area contributed by atoms with E-state index in [2.05, 4.69) is 11.2 Å². The highest BCUT2D eigenvalue weighted by atomic mass is 32.2. The molecule has 2 aliphatic heterocycles. The summed E-state index contributed by atoms with van der Waals surface area (Å²) in [6.07, 6.45) is 0.625. The molecule has 2 N–H and O–H groups in total. The van der Waals surface area contributed by atoms with Gasteiger partial charge < -0.3 is 10.5 Å². The number of rotatable bonds is 2. The van der Waals surface area contributed by atoms with Gasteiger partial charge in [-0.05, 0) is 31.0 Å². The van der Waals surface area contributed by atoms with E-state index in [9.17, 15) is 13.7 Å². The SMILES string of the molecule is Cc1nn(C)c2c1C(c1ccc(N3CCCS3(=O)=O)cc1)C(C#N)=C(N)O2. The second kappa shape index (κ2) is 6.03. The van der Waals surface area contributed by atoms with Gasteiger partial charge >= 0.3 is 0 Å². The van der Waals surface area contributed by atoms with Crippen LogP contribution in [0.15, 0.2) is 35.7 Å². The van der Waals surface area contributed by atoms with E-state index in [4.69, 9.17) is 10.5 Å². The average Bonchev–Trinajstić information content (AvgIpc) is 3.12. The van der Waals surface area contributed by atoms with Crippen LogP contribution in [-0.2, 0) is 17.1 Å². The second-order valence-electron chi connectivity index (χ2n) is 6.69. The average molecular weight is 385 g/mol. The molecule has 0 spiro atoms. The second-order valence-corrected chi connectivity index (χ2v) is 8.70. The van der Waals surface area contributed by atoms with E-state index in [1.165, 1.54) is 4.31 Å². The predicted octanol–water partition coefficient (Wildman–Crippen LogP) is 1.49. The smallest absolute Gasteiger partial charge is 0.235 e. The van der Waals surface area contributed by atoms with Crippen molar-refractivity contribution < 1.29 is 13.2 Å². The summed E-state index contributed by atoms with van der Waals surface area (Å²) in [4.78, 5) is 0. The highest BCUT2D eigenvalue weighted by Gasteiger charge is 2.35. The van der Waals surface area contributed by atoms with Crippen LogP contribution in [0.5, 0.6) is 5.88 Å². The Kier molecular flexibility index (Phi) is 3.89. The molecule has 2 aromatic rings. The number of anilines is 1. The lowest BCUT2D eigenvalue weighted by Gasteiger charge is -2.25. The summed E-state index contributed by atoms with van der Waals surface area (Å²) >= 11 is 0. The fourth-order valence-electron chi connectivity index (χ4n) is 3.77. The summed E-state index contributed by atoms with van der Waals surface area (Å²) < 4.78 is 32.9. The van der Waals surface area contributed by atoms with E-state index >= 15 is 0 Å². The Morgan fingerprint density at radius 3 is 2.63 bits per heavy atom. The Morgan fingerprint density at radius 1 is 1.33 bits per heavy atom. The lowest BCUT2D eigenvalue weighted by Crippen LogP contribution is -2.25. The molecule has 4 rings (SSSR count). The van der Waals surface area contributed by atoms with E-state index in [0.717, 1.165) is 16.8 Å². The molecule has 0 radical (unpaired) electrons. The Labute approximate surface area is 157 Å². The third-order valence-electron chi connectivity index (χ3n) is 5.00. The molecule has 1 aromatic heterocycles. The lowest BCUT2D eigenvalue weighted by atomic mass is 9.84. The normalized spacial score (nSPS) is 20.9. The molecule has 0 aliphatic carbocycles. The standard InChI is InChI=1S/C18H19N5O3S/c1-11-15-16(14(10-19)17(20)26-18(15)22(2)21-11)12-4-6-13(7-5-12)23-8-3-9-27(23,24)25/h4-7,16H,3,8-9,20H2,1-2H3. The molecule has 0 saturated carbocycles. The monoisotopic (exact) mass is 385 g/mol. The van der Waals surface area contributed by atoms with Gasteiger partial charge in [-0.25, -0.2) is 13.1 Å². The van der Waals surface area contributed by atoms with Crippen molar-refractivity contribution in [2.24, 2.45) is 12.8 Å². The van der Waals surface area contributed by atoms with Crippen molar-refractivity contribution in [3.63, 3.8) is 0 Å². The van der Waals surface area contributed by atoms with Crippen LogP contribution in [0, 0.1) is 18.3 Å². The van der Waals surface area contributed by atoms with Crippen molar-refractivity contribution in [1.82, 2.24) is 9.78 Å². The quantitative estimate of drug-likeness (QED) is 0.838. The minimum atomic E-state index is -3.24. The van der Waals surface area contributed by atoms with Crippen molar-refractivity contribution in [2.75, 3.05) is 16.6 Å². The maximum absolute atomic E-state index is 12.1. The predicted molar refractivity (Wildman–Crippen MR) is 99.4 cm³/mol. The topological polar surface area (TPSA) is 114 Å². The maximum atomic E-state index is 12.1. The van der Waals surface area contributed by atoms with Gasteiger partial charge in [-0.3, -0.25) is 4.31 Å². The van der Waals surface area contributed by atoms with Gasteiger partial charge in [-0.2, -0.15) is 10.4 Å². The van der Waals surface area contributed by atoms with Crippen LogP contribution in [0.2, 0.25) is 0 Å². The Morgan fingerprint density at radius 2 is 2.04 bits per heavy atom. The van der Waals surface area contributed by atoms with E-state index in [0.29, 0.717) is 30.1 Å². The minimum absolute atomic E-state index is 0.0594. The Balaban J connectivity index is 1.80. The van der Waals surface area contributed by atoms with Crippen LogP contribution in [0.3, 0.4) is 0 Å². The fraction of sp³-hybridized carbons (Fsp3) is 0.333. The largest absolute Gasteiger partial charge is 0.422 e. The van der Waals surface area contributed by atoms with Gasteiger partial charge in [0.2, 0.25) is 21.8 Å². The molecule has 9 heteroatoms. The summed E-state index contributed by atoms with van der Waals surface area (Å²) in [5.41, 5.74) is 9.31. The summed E-state index contributed by atoms with van der Waals surface area (Å²) in [7, 11) is -1.48. The Hall–Kier alpha value is -2.99. The van der Waals surface area contributed by atoms with Crippen LogP contribution in [0.4, 0.5) is 5.69 Å². The number of allylic oxidation sites excluding steroid dienone is 1. The van der Waals surface area contributed by atoms with Crippen molar-refractivity contribution in [2.45, 2.75) is 19.3 Å². The van der Waals surface area contributed by atoms with Gasteiger partial charge in [-0.1, -0.05) is 12.1 Å². The van der Waals surface area contributed by atoms with Crippen molar-refractivity contribution in [1.29, 1.82) is 5.26 Å². The molecular formula is C18H19N5O3S. The molecule has 1 atom stereocenters. The number of fused-ring (bicyclic) bond motifs is 1. The summed E-state index contributed by atoms with van der Waals surface area (Å²) in [5.74, 6) is 0.339. The molecule has 1 saturated heterocycles. The molecule has 0 bridgehead atoms. The summed E-state index contributed by atoms with van der Waals surface area (Å²) in [6.45, 7) is 2.35. The molecule has 8 nitrogen and oxygen atoms in total. The van der Waals surface area contributed by atoms with Gasteiger partial charge in [0.15, 0.2) is 0 Å². The van der Waals surface area contributed by atoms with Gasteiger partial charge in [0.25, 0.3) is 0 Å². The number of aryl methyl sites for hydroxylation is 2. The van der Waals surface area contributed by atoms with Gasteiger partial charge in [0.05, 0.1) is 28.6 Å². The zero-order chi connectivity index (χ0) is 19.3. The molecule has 27 heavy (non-hydrogen) atoms. The number of sulfonamides is 1. The number of nitrogens with two attached hydrogens (primary N) is 1. The molecule has 1 aromatic carbocycles. The summed E-state index contributed by atoms with van der Waals surface area (Å²) in [5, 5.41) is 14.0. The van der Waals surface area contributed by atoms with E-state index in [-0.39, 0.29) is 11.6 Å². The van der Waals surface area contributed by atoms with Gasteiger partial charge in [0.1, 0.15) is 11.6 Å². The number of aromatic nitrogens is 2. The Bertz CT molecular complexity index is 1090. The fourth-order valence-corrected chi connectivity index (χ4v) is 5.33. The van der Waals surface area contributed by atoms with Crippen LogP contribution in [0.1, 0.15) is 29.2 Å². The van der Waals surface area contributed by atoms with Crippen LogP contribution < -0.4 is 14.8 Å². The van der Waals surface area contributed by atoms with Crippen LogP contribution in [-0.4, -0.2) is 30.5 Å². The molecular weight excluding hydrogens is 366 g/mol. The van der Waals surface area contributed by atoms with Crippen LogP contribution in [0.25, 0.3) is 0 Å². The number of nitrogens with zero attached hydrogens (tertiary/aromatic N) is 4. The van der Waals surface area contributed by atoms with Crippen molar-refractivity contribution in [3.05, 3.63) is 52.5 Å². The third kappa shape index (κ3) is 2.64. The number of benzene rings is 1. The molecule has 140 valence electrons. The van der Waals surface area contributed by atoms with E-state index in [1.54, 1.807) is 23.9 Å². The van der Waals surface area contributed by atoms with E-state index < -0.39 is 15.9 Å². The van der Waals surface area contributed by atoms with Crippen molar-refractivity contribution in [3.8, 4) is 11.9 Å². The zero-order valence-electron chi connectivity index (χ0n) is 15.0. The summed E-state index contributed by atoms with van der Waals surface area (Å²) in [6, 6.07) is 9.35. The first kappa shape index (κ1) is 17.4. The molecule has 3 heterocycles. The third-order valence-corrected chi connectivity index (χ3v) is 6.87. The first-order valence-corrected chi connectivity index (χ1v) is 10.2. The highest BCUT2D eigenvalue weighted by Crippen LogP contribution is 2.43. The molecule has 2 aliphatic rings. The number of nitriles is 1. The van der Waals surface area contributed by atoms with E-state index in [1.807, 2.05) is 19.1 Å². The highest BCUT2D eigenvalue weighted by molar-refractivity contribution is 7.93. The first-order chi connectivity index (χ1) is 12.8. The van der Waals surface area contributed by atoms with Gasteiger partial charge in [0, 0.05) is 13.6 Å². The molecule has 0 amide bonds. The molecule has 1 unspecified atom stereocenters. The van der Waals surface area contributed by atoms with Crippen LogP contribution >= 0.6 is 0 Å². The number of hydrogen-bond acceptors (Lipinski definition) is 6. The van der Waals surface area contributed by atoms with Crippen molar-refractivity contribution >= 4 is 15.7 Å². The first-order valence-electron chi connectivity index (χ1n) is 8.55.